The smallest absolute Gasteiger partial charge is 0.288 e. The van der Waals surface area contributed by atoms with Gasteiger partial charge in [-0.1, -0.05) is 11.8 Å². The molecule has 1 saturated heterocycles. The Hall–Kier alpha value is -0.840. The molecule has 0 saturated carbocycles. The number of imide groups is 1. The van der Waals surface area contributed by atoms with Crippen molar-refractivity contribution in [2.24, 2.45) is 0 Å². The standard InChI is InChI=1S/C7H9NO3S/c1-5(9)2-3-8-6(10)4-12-7(8)11/h2-4H2,1H3. The van der Waals surface area contributed by atoms with Gasteiger partial charge in [-0.05, 0) is 6.92 Å². The van der Waals surface area contributed by atoms with E-state index in [0.717, 1.165) is 16.7 Å². The molecular weight excluding hydrogens is 178 g/mol. The molecule has 5 heteroatoms. The zero-order valence-corrected chi connectivity index (χ0v) is 7.52. The number of carbonyl (C=O) groups is 3. The lowest BCUT2D eigenvalue weighted by molar-refractivity contribution is -0.125. The van der Waals surface area contributed by atoms with Gasteiger partial charge in [0.2, 0.25) is 5.91 Å². The molecule has 12 heavy (non-hydrogen) atoms. The summed E-state index contributed by atoms with van der Waals surface area (Å²) >= 11 is 0.991. The van der Waals surface area contributed by atoms with E-state index in [4.69, 9.17) is 0 Å². The Bertz CT molecular complexity index is 223. The van der Waals surface area contributed by atoms with Crippen LogP contribution in [0.1, 0.15) is 13.3 Å². The van der Waals surface area contributed by atoms with Crippen molar-refractivity contribution < 1.29 is 14.4 Å². The topological polar surface area (TPSA) is 54.5 Å². The zero-order valence-electron chi connectivity index (χ0n) is 6.70. The van der Waals surface area contributed by atoms with E-state index in [1.54, 1.807) is 0 Å². The number of ketones is 1. The van der Waals surface area contributed by atoms with Crippen LogP contribution >= 0.6 is 11.8 Å². The van der Waals surface area contributed by atoms with Crippen molar-refractivity contribution in [1.82, 2.24) is 4.90 Å². The highest BCUT2D eigenvalue weighted by Gasteiger charge is 2.29. The molecule has 0 spiro atoms. The van der Waals surface area contributed by atoms with Gasteiger partial charge in [0.1, 0.15) is 5.78 Å². The van der Waals surface area contributed by atoms with E-state index in [2.05, 4.69) is 0 Å². The largest absolute Gasteiger partial charge is 0.300 e. The molecule has 1 fully saturated rings. The van der Waals surface area contributed by atoms with Crippen LogP contribution in [0.3, 0.4) is 0 Å². The first-order valence-corrected chi connectivity index (χ1v) is 4.56. The SMILES string of the molecule is CC(=O)CCN1C(=O)CSC1=O. The van der Waals surface area contributed by atoms with Crippen LogP contribution in [0.2, 0.25) is 0 Å². The molecule has 0 unspecified atom stereocenters. The van der Waals surface area contributed by atoms with Gasteiger partial charge in [0.15, 0.2) is 0 Å². The molecule has 1 heterocycles. The first-order chi connectivity index (χ1) is 5.61. The van der Waals surface area contributed by atoms with Crippen molar-refractivity contribution in [2.45, 2.75) is 13.3 Å². The Kier molecular flexibility index (Phi) is 2.86. The van der Waals surface area contributed by atoms with Crippen molar-refractivity contribution in [3.8, 4) is 0 Å². The molecule has 1 aliphatic heterocycles. The van der Waals surface area contributed by atoms with Crippen molar-refractivity contribution >= 4 is 28.7 Å². The van der Waals surface area contributed by atoms with Gasteiger partial charge in [-0.3, -0.25) is 19.3 Å². The van der Waals surface area contributed by atoms with E-state index in [0.29, 0.717) is 0 Å². The van der Waals surface area contributed by atoms with Gasteiger partial charge in [0.05, 0.1) is 5.75 Å². The molecule has 2 amide bonds. The first kappa shape index (κ1) is 9.25. The van der Waals surface area contributed by atoms with Crippen LogP contribution in [0.25, 0.3) is 0 Å². The summed E-state index contributed by atoms with van der Waals surface area (Å²) in [6.07, 6.45) is 0.262. The number of thioether (sulfide) groups is 1. The van der Waals surface area contributed by atoms with E-state index in [9.17, 15) is 14.4 Å². The van der Waals surface area contributed by atoms with E-state index >= 15 is 0 Å². The van der Waals surface area contributed by atoms with Crippen LogP contribution in [0.5, 0.6) is 0 Å². The summed E-state index contributed by atoms with van der Waals surface area (Å²) in [7, 11) is 0. The maximum atomic E-state index is 11.0. The Labute approximate surface area is 74.3 Å². The number of Topliss-reactive ketones (excluding diaryl/α,β-unsaturated/α-hetero) is 1. The lowest BCUT2D eigenvalue weighted by atomic mass is 10.3. The molecule has 0 aromatic heterocycles. The molecule has 0 aromatic rings. The average Bonchev–Trinajstić information content (AvgIpc) is 2.28. The quantitative estimate of drug-likeness (QED) is 0.651. The third-order valence-electron chi connectivity index (χ3n) is 1.53. The number of nitrogens with zero attached hydrogens (tertiary/aromatic N) is 1. The Morgan fingerprint density at radius 1 is 1.58 bits per heavy atom. The van der Waals surface area contributed by atoms with Gasteiger partial charge in [0, 0.05) is 13.0 Å². The minimum Gasteiger partial charge on any atom is -0.300 e. The molecular formula is C7H9NO3S. The Morgan fingerprint density at radius 2 is 2.25 bits per heavy atom. The lowest BCUT2D eigenvalue weighted by Gasteiger charge is -2.10. The molecule has 0 atom stereocenters. The third-order valence-corrected chi connectivity index (χ3v) is 2.39. The fraction of sp³-hybridized carbons (Fsp3) is 0.571. The van der Waals surface area contributed by atoms with Crippen LogP contribution < -0.4 is 0 Å². The Balaban J connectivity index is 2.45. The molecule has 0 N–H and O–H groups in total. The number of carbonyl (C=O) groups excluding carboxylic acids is 3. The number of rotatable bonds is 3. The van der Waals surface area contributed by atoms with Crippen LogP contribution in [-0.2, 0) is 9.59 Å². The molecule has 0 bridgehead atoms. The van der Waals surface area contributed by atoms with Gasteiger partial charge in [-0.2, -0.15) is 0 Å². The predicted molar refractivity (Wildman–Crippen MR) is 44.9 cm³/mol. The van der Waals surface area contributed by atoms with Crippen molar-refractivity contribution in [3.63, 3.8) is 0 Å². The van der Waals surface area contributed by atoms with Crippen LogP contribution in [0.4, 0.5) is 4.79 Å². The summed E-state index contributed by atoms with van der Waals surface area (Å²) in [6, 6.07) is 0. The summed E-state index contributed by atoms with van der Waals surface area (Å²) < 4.78 is 0. The van der Waals surface area contributed by atoms with Crippen molar-refractivity contribution in [2.75, 3.05) is 12.3 Å². The maximum absolute atomic E-state index is 11.0. The molecule has 66 valence electrons. The number of amides is 2. The van der Waals surface area contributed by atoms with Gasteiger partial charge < -0.3 is 0 Å². The molecule has 1 rings (SSSR count). The van der Waals surface area contributed by atoms with Crippen molar-refractivity contribution in [1.29, 1.82) is 0 Å². The third kappa shape index (κ3) is 2.07. The summed E-state index contributed by atoms with van der Waals surface area (Å²) in [5, 5.41) is -0.235. The predicted octanol–water partition coefficient (Wildman–Crippen LogP) is 0.661. The molecule has 0 radical (unpaired) electrons. The zero-order chi connectivity index (χ0) is 9.14. The van der Waals surface area contributed by atoms with E-state index < -0.39 is 0 Å². The highest BCUT2D eigenvalue weighted by molar-refractivity contribution is 8.14. The second-order valence-electron chi connectivity index (χ2n) is 2.55. The number of hydrogen-bond acceptors (Lipinski definition) is 4. The summed E-state index contributed by atoms with van der Waals surface area (Å²) in [4.78, 5) is 33.6. The summed E-state index contributed by atoms with van der Waals surface area (Å²) in [5.74, 6) is 0.0234. The van der Waals surface area contributed by atoms with Gasteiger partial charge >= 0.3 is 0 Å². The van der Waals surface area contributed by atoms with E-state index in [1.807, 2.05) is 0 Å². The summed E-state index contributed by atoms with van der Waals surface area (Å²) in [5.41, 5.74) is 0. The van der Waals surface area contributed by atoms with Crippen LogP contribution in [0, 0.1) is 0 Å². The highest BCUT2D eigenvalue weighted by atomic mass is 32.2. The number of hydrogen-bond donors (Lipinski definition) is 0. The lowest BCUT2D eigenvalue weighted by Crippen LogP contribution is -2.30. The molecule has 0 aromatic carbocycles. The van der Waals surface area contributed by atoms with E-state index in [1.165, 1.54) is 6.92 Å². The maximum Gasteiger partial charge on any atom is 0.288 e. The van der Waals surface area contributed by atoms with Gasteiger partial charge in [-0.25, -0.2) is 0 Å². The van der Waals surface area contributed by atoms with Gasteiger partial charge in [-0.15, -0.1) is 0 Å². The van der Waals surface area contributed by atoms with Crippen LogP contribution in [0.15, 0.2) is 0 Å². The summed E-state index contributed by atoms with van der Waals surface area (Å²) in [6.45, 7) is 1.68. The fourth-order valence-corrected chi connectivity index (χ4v) is 1.62. The monoisotopic (exact) mass is 187 g/mol. The second kappa shape index (κ2) is 3.71. The first-order valence-electron chi connectivity index (χ1n) is 3.58. The van der Waals surface area contributed by atoms with E-state index in [-0.39, 0.29) is 35.6 Å². The van der Waals surface area contributed by atoms with Crippen LogP contribution in [-0.4, -0.2) is 34.1 Å². The molecule has 1 aliphatic rings. The average molecular weight is 187 g/mol. The second-order valence-corrected chi connectivity index (χ2v) is 3.48. The van der Waals surface area contributed by atoms with Gasteiger partial charge in [0.25, 0.3) is 5.24 Å². The minimum atomic E-state index is -0.235. The Morgan fingerprint density at radius 3 is 2.67 bits per heavy atom. The molecule has 0 aliphatic carbocycles. The molecule has 4 nitrogen and oxygen atoms in total. The normalized spacial score (nSPS) is 17.2. The minimum absolute atomic E-state index is 0.00694. The van der Waals surface area contributed by atoms with Crippen molar-refractivity contribution in [3.05, 3.63) is 0 Å². The highest BCUT2D eigenvalue weighted by Crippen LogP contribution is 2.18. The fourth-order valence-electron chi connectivity index (χ4n) is 0.866.